The molecule has 0 unspecified atom stereocenters. The number of pyridine rings is 1. The van der Waals surface area contributed by atoms with Crippen LogP contribution in [0.15, 0.2) is 6.07 Å². The van der Waals surface area contributed by atoms with Crippen LogP contribution >= 0.6 is 11.3 Å². The van der Waals surface area contributed by atoms with Gasteiger partial charge in [0, 0.05) is 11.1 Å². The van der Waals surface area contributed by atoms with Crippen molar-refractivity contribution >= 4 is 44.9 Å². The number of ketones is 1. The van der Waals surface area contributed by atoms with Gasteiger partial charge in [-0.15, -0.1) is 11.3 Å². The predicted molar refractivity (Wildman–Crippen MR) is 80.0 cm³/mol. The molecular formula is C14H14N2O4S. The van der Waals surface area contributed by atoms with Crippen molar-refractivity contribution in [2.24, 2.45) is 0 Å². The van der Waals surface area contributed by atoms with E-state index in [1.807, 2.05) is 19.9 Å². The molecule has 0 radical (unpaired) electrons. The first kappa shape index (κ1) is 15.1. The molecule has 0 bridgehead atoms. The van der Waals surface area contributed by atoms with Crippen molar-refractivity contribution < 1.29 is 19.5 Å². The Bertz CT molecular complexity index is 764. The molecule has 2 aromatic rings. The maximum absolute atomic E-state index is 11.8. The molecule has 0 aliphatic heterocycles. The lowest BCUT2D eigenvalue weighted by Crippen LogP contribution is -2.16. The standard InChI is InChI=1S/C14H14N2O4S/c1-6-4-7(2)15-13-10(6)11(12(21-13)14(19)20)16-9(18)5-8(3)17/h4H,5H2,1-3H3,(H,16,18)(H,19,20). The van der Waals surface area contributed by atoms with E-state index in [2.05, 4.69) is 10.3 Å². The summed E-state index contributed by atoms with van der Waals surface area (Å²) < 4.78 is 0. The molecule has 2 rings (SSSR count). The van der Waals surface area contributed by atoms with E-state index in [0.29, 0.717) is 10.2 Å². The molecule has 2 heterocycles. The van der Waals surface area contributed by atoms with Gasteiger partial charge in [-0.2, -0.15) is 0 Å². The molecule has 0 aliphatic rings. The van der Waals surface area contributed by atoms with Crippen molar-refractivity contribution in [3.05, 3.63) is 22.2 Å². The molecule has 0 saturated heterocycles. The van der Waals surface area contributed by atoms with Crippen LogP contribution < -0.4 is 5.32 Å². The number of hydrogen-bond donors (Lipinski definition) is 2. The zero-order valence-electron chi connectivity index (χ0n) is 11.8. The normalized spacial score (nSPS) is 10.6. The zero-order chi connectivity index (χ0) is 15.7. The van der Waals surface area contributed by atoms with Gasteiger partial charge in [0.2, 0.25) is 5.91 Å². The highest BCUT2D eigenvalue weighted by molar-refractivity contribution is 7.21. The van der Waals surface area contributed by atoms with Gasteiger partial charge in [-0.25, -0.2) is 9.78 Å². The number of aromatic carboxylic acids is 1. The number of rotatable bonds is 4. The number of nitrogens with one attached hydrogen (secondary N) is 1. The summed E-state index contributed by atoms with van der Waals surface area (Å²) in [6, 6.07) is 1.82. The van der Waals surface area contributed by atoms with Crippen molar-refractivity contribution in [2.45, 2.75) is 27.2 Å². The van der Waals surface area contributed by atoms with E-state index in [9.17, 15) is 19.5 Å². The Morgan fingerprint density at radius 2 is 2.00 bits per heavy atom. The Morgan fingerprint density at radius 1 is 1.33 bits per heavy atom. The molecule has 21 heavy (non-hydrogen) atoms. The molecule has 0 spiro atoms. The third-order valence-corrected chi connectivity index (χ3v) is 3.93. The number of aromatic nitrogens is 1. The van der Waals surface area contributed by atoms with Gasteiger partial charge in [0.05, 0.1) is 12.1 Å². The van der Waals surface area contributed by atoms with Crippen LogP contribution in [0, 0.1) is 13.8 Å². The Hall–Kier alpha value is -2.28. The van der Waals surface area contributed by atoms with Crippen LogP contribution in [0.3, 0.4) is 0 Å². The molecule has 0 saturated carbocycles. The minimum Gasteiger partial charge on any atom is -0.477 e. The van der Waals surface area contributed by atoms with Crippen LogP contribution in [0.2, 0.25) is 0 Å². The first-order chi connectivity index (χ1) is 9.79. The van der Waals surface area contributed by atoms with E-state index in [4.69, 9.17) is 0 Å². The second-order valence-corrected chi connectivity index (χ2v) is 5.80. The molecule has 110 valence electrons. The summed E-state index contributed by atoms with van der Waals surface area (Å²) in [5, 5.41) is 12.4. The molecule has 6 nitrogen and oxygen atoms in total. The topological polar surface area (TPSA) is 96.4 Å². The summed E-state index contributed by atoms with van der Waals surface area (Å²) in [4.78, 5) is 39.0. The maximum Gasteiger partial charge on any atom is 0.348 e. The lowest BCUT2D eigenvalue weighted by molar-refractivity contribution is -0.124. The Labute approximate surface area is 124 Å². The fourth-order valence-corrected chi connectivity index (χ4v) is 3.21. The number of amides is 1. The highest BCUT2D eigenvalue weighted by Gasteiger charge is 2.22. The minimum absolute atomic E-state index is 0.0168. The summed E-state index contributed by atoms with van der Waals surface area (Å²) in [6.07, 6.45) is -0.283. The van der Waals surface area contributed by atoms with Gasteiger partial charge in [-0.05, 0) is 32.4 Å². The van der Waals surface area contributed by atoms with Crippen LogP contribution in [-0.2, 0) is 9.59 Å². The highest BCUT2D eigenvalue weighted by Crippen LogP contribution is 2.37. The fraction of sp³-hybridized carbons (Fsp3) is 0.286. The summed E-state index contributed by atoms with van der Waals surface area (Å²) in [5.74, 6) is -1.94. The van der Waals surface area contributed by atoms with Crippen molar-refractivity contribution in [2.75, 3.05) is 5.32 Å². The lowest BCUT2D eigenvalue weighted by Gasteiger charge is -2.06. The number of Topliss-reactive ketones (excluding diaryl/α,β-unsaturated/α-hetero) is 1. The van der Waals surface area contributed by atoms with Crippen molar-refractivity contribution in [1.82, 2.24) is 4.98 Å². The van der Waals surface area contributed by atoms with Gasteiger partial charge >= 0.3 is 5.97 Å². The van der Waals surface area contributed by atoms with Crippen LogP contribution in [0.1, 0.15) is 34.3 Å². The zero-order valence-corrected chi connectivity index (χ0v) is 12.6. The molecular weight excluding hydrogens is 292 g/mol. The van der Waals surface area contributed by atoms with Gasteiger partial charge in [0.15, 0.2) is 0 Å². The Balaban J connectivity index is 2.59. The van der Waals surface area contributed by atoms with Crippen LogP contribution in [0.5, 0.6) is 0 Å². The second-order valence-electron chi connectivity index (χ2n) is 4.80. The van der Waals surface area contributed by atoms with Crippen LogP contribution in [-0.4, -0.2) is 27.8 Å². The molecule has 1 amide bonds. The number of carbonyl (C=O) groups is 3. The average molecular weight is 306 g/mol. The number of aryl methyl sites for hydroxylation is 2. The van der Waals surface area contributed by atoms with Crippen molar-refractivity contribution in [1.29, 1.82) is 0 Å². The second kappa shape index (κ2) is 5.61. The Kier molecular flexibility index (Phi) is 4.04. The van der Waals surface area contributed by atoms with E-state index in [1.54, 1.807) is 0 Å². The largest absolute Gasteiger partial charge is 0.477 e. The number of fused-ring (bicyclic) bond motifs is 1. The number of nitrogens with zero attached hydrogens (tertiary/aromatic N) is 1. The van der Waals surface area contributed by atoms with Crippen LogP contribution in [0.25, 0.3) is 10.2 Å². The molecule has 0 atom stereocenters. The number of carbonyl (C=O) groups excluding carboxylic acids is 2. The molecule has 2 N–H and O–H groups in total. The van der Waals surface area contributed by atoms with Gasteiger partial charge < -0.3 is 10.4 Å². The van der Waals surface area contributed by atoms with E-state index >= 15 is 0 Å². The van der Waals surface area contributed by atoms with Gasteiger partial charge in [0.1, 0.15) is 15.5 Å². The predicted octanol–water partition coefficient (Wildman–Crippen LogP) is 2.53. The molecule has 2 aromatic heterocycles. The quantitative estimate of drug-likeness (QED) is 0.846. The number of anilines is 1. The third-order valence-electron chi connectivity index (χ3n) is 2.86. The number of hydrogen-bond acceptors (Lipinski definition) is 5. The first-order valence-electron chi connectivity index (χ1n) is 6.23. The summed E-state index contributed by atoms with van der Waals surface area (Å²) in [5.41, 5.74) is 1.83. The van der Waals surface area contributed by atoms with E-state index in [-0.39, 0.29) is 22.8 Å². The number of carboxylic acid groups (broad SMARTS) is 1. The maximum atomic E-state index is 11.8. The molecule has 0 fully saturated rings. The van der Waals surface area contributed by atoms with Crippen molar-refractivity contribution in [3.8, 4) is 0 Å². The Morgan fingerprint density at radius 3 is 2.57 bits per heavy atom. The van der Waals surface area contributed by atoms with E-state index < -0.39 is 11.9 Å². The van der Waals surface area contributed by atoms with Gasteiger partial charge in [-0.3, -0.25) is 9.59 Å². The lowest BCUT2D eigenvalue weighted by atomic mass is 10.1. The molecule has 7 heteroatoms. The number of carboxylic acids is 1. The molecule has 0 aliphatic carbocycles. The summed E-state index contributed by atoms with van der Waals surface area (Å²) in [7, 11) is 0. The first-order valence-corrected chi connectivity index (χ1v) is 7.04. The average Bonchev–Trinajstić information content (AvgIpc) is 2.66. The van der Waals surface area contributed by atoms with Crippen molar-refractivity contribution in [3.63, 3.8) is 0 Å². The monoisotopic (exact) mass is 306 g/mol. The van der Waals surface area contributed by atoms with Gasteiger partial charge in [-0.1, -0.05) is 0 Å². The highest BCUT2D eigenvalue weighted by atomic mass is 32.1. The van der Waals surface area contributed by atoms with Gasteiger partial charge in [0.25, 0.3) is 0 Å². The smallest absolute Gasteiger partial charge is 0.348 e. The van der Waals surface area contributed by atoms with Crippen LogP contribution in [0.4, 0.5) is 5.69 Å². The fourth-order valence-electron chi connectivity index (χ4n) is 2.12. The minimum atomic E-state index is -1.13. The summed E-state index contributed by atoms with van der Waals surface area (Å²) in [6.45, 7) is 4.95. The third kappa shape index (κ3) is 3.08. The SMILES string of the molecule is CC(=O)CC(=O)Nc1c(C(=O)O)sc2nc(C)cc(C)c12. The van der Waals surface area contributed by atoms with E-state index in [1.165, 1.54) is 6.92 Å². The summed E-state index contributed by atoms with van der Waals surface area (Å²) >= 11 is 1.01. The van der Waals surface area contributed by atoms with E-state index in [0.717, 1.165) is 22.6 Å². The number of thiophene rings is 1. The molecule has 0 aromatic carbocycles.